The van der Waals surface area contributed by atoms with Crippen molar-refractivity contribution in [1.82, 2.24) is 4.90 Å². The SMILES string of the molecule is CC(C)(CCC(C(N)=O)(c1ccccc1)c1ccccc1)N1CCC(Oc2ccc(Cl)cc2O)C1. The Balaban J connectivity index is 1.52. The number of hydrogen-bond acceptors (Lipinski definition) is 4. The van der Waals surface area contributed by atoms with Crippen molar-refractivity contribution in [2.75, 3.05) is 13.1 Å². The molecule has 1 unspecified atom stereocenters. The van der Waals surface area contributed by atoms with Gasteiger partial charge in [0.2, 0.25) is 5.91 Å². The minimum absolute atomic E-state index is 0.0366. The van der Waals surface area contributed by atoms with E-state index in [0.717, 1.165) is 37.1 Å². The molecule has 1 aliphatic rings. The zero-order valence-electron chi connectivity index (χ0n) is 20.3. The van der Waals surface area contributed by atoms with Crippen molar-refractivity contribution in [3.8, 4) is 11.5 Å². The standard InChI is InChI=1S/C29H33ClN2O3/c1-28(2,32-18-15-24(20-32)35-26-14-13-23(30)19-25(26)33)16-17-29(27(31)34,21-9-5-3-6-10-21)22-11-7-4-8-12-22/h3-14,19,24,33H,15-18,20H2,1-2H3,(H2,31,34). The number of nitrogens with two attached hydrogens (primary N) is 1. The summed E-state index contributed by atoms with van der Waals surface area (Å²) >= 11 is 5.94. The average molecular weight is 493 g/mol. The van der Waals surface area contributed by atoms with Crippen LogP contribution in [0.15, 0.2) is 78.9 Å². The quantitative estimate of drug-likeness (QED) is 0.412. The number of rotatable bonds is 9. The van der Waals surface area contributed by atoms with E-state index in [4.69, 9.17) is 22.1 Å². The first-order valence-corrected chi connectivity index (χ1v) is 12.4. The number of hydrogen-bond donors (Lipinski definition) is 2. The van der Waals surface area contributed by atoms with Gasteiger partial charge in [-0.15, -0.1) is 0 Å². The Kier molecular flexibility index (Phi) is 7.39. The lowest BCUT2D eigenvalue weighted by Crippen LogP contribution is -2.47. The molecule has 0 aromatic heterocycles. The van der Waals surface area contributed by atoms with Crippen LogP contribution in [0.4, 0.5) is 0 Å². The minimum atomic E-state index is -0.912. The van der Waals surface area contributed by atoms with E-state index in [-0.39, 0.29) is 23.3 Å². The van der Waals surface area contributed by atoms with Crippen LogP contribution in [0.2, 0.25) is 5.02 Å². The number of benzene rings is 3. The Morgan fingerprint density at radius 3 is 2.17 bits per heavy atom. The van der Waals surface area contributed by atoms with Gasteiger partial charge in [0.25, 0.3) is 0 Å². The molecule has 35 heavy (non-hydrogen) atoms. The summed E-state index contributed by atoms with van der Waals surface area (Å²) in [5.74, 6) is 0.152. The van der Waals surface area contributed by atoms with Crippen LogP contribution in [-0.4, -0.2) is 40.6 Å². The van der Waals surface area contributed by atoms with Gasteiger partial charge in [-0.2, -0.15) is 0 Å². The molecule has 3 aromatic rings. The summed E-state index contributed by atoms with van der Waals surface area (Å²) in [5.41, 5.74) is 6.87. The van der Waals surface area contributed by atoms with Crippen molar-refractivity contribution in [2.24, 2.45) is 5.73 Å². The van der Waals surface area contributed by atoms with Crippen LogP contribution < -0.4 is 10.5 Å². The van der Waals surface area contributed by atoms with E-state index in [1.54, 1.807) is 12.1 Å². The van der Waals surface area contributed by atoms with E-state index in [1.165, 1.54) is 6.07 Å². The lowest BCUT2D eigenvalue weighted by Gasteiger charge is -2.40. The monoisotopic (exact) mass is 492 g/mol. The fourth-order valence-electron chi connectivity index (χ4n) is 5.10. The summed E-state index contributed by atoms with van der Waals surface area (Å²) in [6, 6.07) is 24.6. The number of carbonyl (C=O) groups excluding carboxylic acids is 1. The summed E-state index contributed by atoms with van der Waals surface area (Å²) < 4.78 is 6.08. The molecule has 0 aliphatic carbocycles. The van der Waals surface area contributed by atoms with Crippen molar-refractivity contribution < 1.29 is 14.6 Å². The molecular formula is C29H33ClN2O3. The molecule has 1 atom stereocenters. The third kappa shape index (κ3) is 5.31. The maximum atomic E-state index is 13.1. The highest BCUT2D eigenvalue weighted by atomic mass is 35.5. The van der Waals surface area contributed by atoms with E-state index in [2.05, 4.69) is 18.7 Å². The molecule has 1 aliphatic heterocycles. The highest BCUT2D eigenvalue weighted by Crippen LogP contribution is 2.40. The Bertz CT molecular complexity index is 1110. The molecule has 0 spiro atoms. The fraction of sp³-hybridized carbons (Fsp3) is 0.345. The second kappa shape index (κ2) is 10.3. The van der Waals surface area contributed by atoms with Crippen molar-refractivity contribution in [2.45, 2.75) is 50.2 Å². The van der Waals surface area contributed by atoms with Crippen LogP contribution in [0, 0.1) is 0 Å². The van der Waals surface area contributed by atoms with Crippen LogP contribution in [-0.2, 0) is 10.2 Å². The zero-order valence-corrected chi connectivity index (χ0v) is 21.0. The van der Waals surface area contributed by atoms with Crippen LogP contribution in [0.3, 0.4) is 0 Å². The zero-order chi connectivity index (χ0) is 25.1. The Hall–Kier alpha value is -3.02. The van der Waals surface area contributed by atoms with Crippen molar-refractivity contribution in [3.05, 3.63) is 95.0 Å². The fourth-order valence-corrected chi connectivity index (χ4v) is 5.27. The maximum Gasteiger partial charge on any atom is 0.232 e. The van der Waals surface area contributed by atoms with Gasteiger partial charge < -0.3 is 15.6 Å². The van der Waals surface area contributed by atoms with E-state index in [1.807, 2.05) is 60.7 Å². The van der Waals surface area contributed by atoms with E-state index < -0.39 is 5.41 Å². The molecule has 1 heterocycles. The number of halogens is 1. The number of primary amides is 1. The number of likely N-dealkylation sites (tertiary alicyclic amines) is 1. The molecule has 184 valence electrons. The molecule has 1 saturated heterocycles. The van der Waals surface area contributed by atoms with Gasteiger partial charge in [0, 0.05) is 29.7 Å². The minimum Gasteiger partial charge on any atom is -0.504 e. The molecule has 3 N–H and O–H groups in total. The van der Waals surface area contributed by atoms with Gasteiger partial charge in [-0.25, -0.2) is 0 Å². The van der Waals surface area contributed by atoms with Crippen LogP contribution in [0.5, 0.6) is 11.5 Å². The molecule has 0 bridgehead atoms. The molecule has 0 radical (unpaired) electrons. The molecule has 0 saturated carbocycles. The number of amides is 1. The van der Waals surface area contributed by atoms with Gasteiger partial charge in [0.1, 0.15) is 6.10 Å². The lowest BCUT2D eigenvalue weighted by atomic mass is 9.69. The second-order valence-corrected chi connectivity index (χ2v) is 10.3. The van der Waals surface area contributed by atoms with E-state index in [0.29, 0.717) is 17.2 Å². The summed E-state index contributed by atoms with van der Waals surface area (Å²) in [6.07, 6.45) is 2.16. The number of nitrogens with zero attached hydrogens (tertiary/aromatic N) is 1. The molecule has 5 nitrogen and oxygen atoms in total. The van der Waals surface area contributed by atoms with Gasteiger partial charge in [0.15, 0.2) is 11.5 Å². The predicted octanol–water partition coefficient (Wildman–Crippen LogP) is 5.53. The van der Waals surface area contributed by atoms with Crippen LogP contribution in [0.1, 0.15) is 44.2 Å². The lowest BCUT2D eigenvalue weighted by molar-refractivity contribution is -0.122. The van der Waals surface area contributed by atoms with Gasteiger partial charge in [-0.05, 0) is 56.4 Å². The first-order chi connectivity index (χ1) is 16.7. The number of ether oxygens (including phenoxy) is 1. The van der Waals surface area contributed by atoms with Gasteiger partial charge in [0.05, 0.1) is 5.41 Å². The normalized spacial score (nSPS) is 16.8. The molecule has 1 fully saturated rings. The number of phenolic OH excluding ortho intramolecular Hbond substituents is 1. The number of phenols is 1. The third-order valence-electron chi connectivity index (χ3n) is 7.28. The highest BCUT2D eigenvalue weighted by molar-refractivity contribution is 6.30. The summed E-state index contributed by atoms with van der Waals surface area (Å²) in [4.78, 5) is 15.5. The Morgan fingerprint density at radius 1 is 1.03 bits per heavy atom. The van der Waals surface area contributed by atoms with Gasteiger partial charge in [-0.3, -0.25) is 9.69 Å². The van der Waals surface area contributed by atoms with Gasteiger partial charge in [-0.1, -0.05) is 72.3 Å². The average Bonchev–Trinajstić information content (AvgIpc) is 3.32. The molecule has 6 heteroatoms. The van der Waals surface area contributed by atoms with E-state index in [9.17, 15) is 9.90 Å². The van der Waals surface area contributed by atoms with Gasteiger partial charge >= 0.3 is 0 Å². The smallest absolute Gasteiger partial charge is 0.232 e. The summed E-state index contributed by atoms with van der Waals surface area (Å²) in [5, 5.41) is 10.6. The third-order valence-corrected chi connectivity index (χ3v) is 7.52. The van der Waals surface area contributed by atoms with Crippen molar-refractivity contribution >= 4 is 17.5 Å². The number of aromatic hydroxyl groups is 1. The molecule has 4 rings (SSSR count). The molecule has 1 amide bonds. The van der Waals surface area contributed by atoms with Crippen LogP contribution >= 0.6 is 11.6 Å². The highest BCUT2D eigenvalue weighted by Gasteiger charge is 2.43. The topological polar surface area (TPSA) is 75.8 Å². The first kappa shape index (κ1) is 25.1. The summed E-state index contributed by atoms with van der Waals surface area (Å²) in [6.45, 7) is 6.01. The molecular weight excluding hydrogens is 460 g/mol. The van der Waals surface area contributed by atoms with Crippen molar-refractivity contribution in [1.29, 1.82) is 0 Å². The Morgan fingerprint density at radius 2 is 1.63 bits per heavy atom. The van der Waals surface area contributed by atoms with E-state index >= 15 is 0 Å². The van der Waals surface area contributed by atoms with Crippen molar-refractivity contribution in [3.63, 3.8) is 0 Å². The first-order valence-electron chi connectivity index (χ1n) is 12.0. The largest absolute Gasteiger partial charge is 0.504 e. The maximum absolute atomic E-state index is 13.1. The molecule has 3 aromatic carbocycles. The van der Waals surface area contributed by atoms with Crippen LogP contribution in [0.25, 0.3) is 0 Å². The Labute approximate surface area is 212 Å². The summed E-state index contributed by atoms with van der Waals surface area (Å²) in [7, 11) is 0. The second-order valence-electron chi connectivity index (χ2n) is 9.90. The predicted molar refractivity (Wildman–Crippen MR) is 140 cm³/mol. The number of carbonyl (C=O) groups is 1.